The minimum Gasteiger partial charge on any atom is -0.496 e. The van der Waals surface area contributed by atoms with Gasteiger partial charge in [0.1, 0.15) is 5.75 Å². The van der Waals surface area contributed by atoms with E-state index < -0.39 is 16.6 Å². The number of carbonyl (C=O) groups excluding carboxylic acids is 1. The Balaban J connectivity index is 2.07. The highest BCUT2D eigenvalue weighted by Gasteiger charge is 2.23. The predicted octanol–water partition coefficient (Wildman–Crippen LogP) is 2.07. The molecule has 0 N–H and O–H groups in total. The number of fused-ring (bicyclic) bond motifs is 1. The Morgan fingerprint density at radius 1 is 1.19 bits per heavy atom. The van der Waals surface area contributed by atoms with Gasteiger partial charge >= 0.3 is 11.7 Å². The lowest BCUT2D eigenvalue weighted by molar-refractivity contribution is -0.385. The molecule has 9 nitrogen and oxygen atoms in total. The van der Waals surface area contributed by atoms with Crippen molar-refractivity contribution in [3.8, 4) is 11.5 Å². The van der Waals surface area contributed by atoms with E-state index >= 15 is 0 Å². The maximum Gasteiger partial charge on any atom is 0.365 e. The Bertz CT molecular complexity index is 1090. The monoisotopic (exact) mass is 355 g/mol. The van der Waals surface area contributed by atoms with Gasteiger partial charge in [-0.25, -0.2) is 9.48 Å². The molecule has 0 unspecified atom stereocenters. The van der Waals surface area contributed by atoms with Crippen molar-refractivity contribution in [2.45, 2.75) is 0 Å². The van der Waals surface area contributed by atoms with Crippen molar-refractivity contribution in [1.82, 2.24) is 9.78 Å². The van der Waals surface area contributed by atoms with Crippen LogP contribution >= 0.6 is 0 Å². The van der Waals surface area contributed by atoms with Gasteiger partial charge in [0.15, 0.2) is 5.69 Å². The van der Waals surface area contributed by atoms with Gasteiger partial charge in [-0.05, 0) is 18.2 Å². The van der Waals surface area contributed by atoms with Crippen molar-refractivity contribution >= 4 is 22.4 Å². The smallest absolute Gasteiger partial charge is 0.365 e. The first-order chi connectivity index (χ1) is 12.4. The lowest BCUT2D eigenvalue weighted by atomic mass is 10.1. The molecule has 0 aliphatic carbocycles. The third-order valence-corrected chi connectivity index (χ3v) is 3.72. The molecule has 0 aliphatic rings. The maximum atomic E-state index is 12.6. The molecule has 0 spiro atoms. The first-order valence-corrected chi connectivity index (χ1v) is 7.43. The van der Waals surface area contributed by atoms with Gasteiger partial charge in [-0.15, -0.1) is 0 Å². The van der Waals surface area contributed by atoms with Crippen LogP contribution < -0.4 is 15.0 Å². The molecule has 0 bridgehead atoms. The van der Waals surface area contributed by atoms with Crippen LogP contribution in [0.3, 0.4) is 0 Å². The summed E-state index contributed by atoms with van der Waals surface area (Å²) >= 11 is 0. The molecule has 1 heterocycles. The molecule has 0 atom stereocenters. The average Bonchev–Trinajstić information content (AvgIpc) is 2.64. The summed E-state index contributed by atoms with van der Waals surface area (Å²) in [5, 5.41) is 15.8. The van der Waals surface area contributed by atoms with Gasteiger partial charge in [-0.3, -0.25) is 14.9 Å². The third kappa shape index (κ3) is 2.97. The summed E-state index contributed by atoms with van der Waals surface area (Å²) < 4.78 is 11.1. The topological polar surface area (TPSA) is 114 Å². The summed E-state index contributed by atoms with van der Waals surface area (Å²) in [6.45, 7) is 0. The van der Waals surface area contributed by atoms with Crippen LogP contribution in [-0.4, -0.2) is 27.8 Å². The largest absolute Gasteiger partial charge is 0.496 e. The standard InChI is InChI=1S/C17H13N3O6/c1-19-16(21)12-6-4-3-5-11(12)15(18-19)17(22)26-14-8-7-10(25-2)9-13(14)20(23)24/h3-9H,1-2H3. The van der Waals surface area contributed by atoms with E-state index in [1.165, 1.54) is 26.3 Å². The highest BCUT2D eigenvalue weighted by atomic mass is 16.6. The van der Waals surface area contributed by atoms with Crippen LogP contribution in [0.5, 0.6) is 11.5 Å². The zero-order chi connectivity index (χ0) is 18.8. The Morgan fingerprint density at radius 3 is 2.54 bits per heavy atom. The number of hydrogen-bond acceptors (Lipinski definition) is 7. The number of carbonyl (C=O) groups is 1. The SMILES string of the molecule is COc1ccc(OC(=O)c2nn(C)c(=O)c3ccccc23)c([N+](=O)[O-])c1. The van der Waals surface area contributed by atoms with Crippen molar-refractivity contribution in [1.29, 1.82) is 0 Å². The molecule has 9 heteroatoms. The van der Waals surface area contributed by atoms with Gasteiger partial charge in [-0.1, -0.05) is 18.2 Å². The van der Waals surface area contributed by atoms with Gasteiger partial charge in [-0.2, -0.15) is 5.10 Å². The molecule has 3 rings (SSSR count). The summed E-state index contributed by atoms with van der Waals surface area (Å²) in [4.78, 5) is 35.2. The number of rotatable bonds is 4. The number of ether oxygens (including phenoxy) is 2. The summed E-state index contributed by atoms with van der Waals surface area (Å²) in [6.07, 6.45) is 0. The molecule has 26 heavy (non-hydrogen) atoms. The second-order valence-electron chi connectivity index (χ2n) is 5.30. The number of aryl methyl sites for hydroxylation is 1. The Morgan fingerprint density at radius 2 is 1.88 bits per heavy atom. The molecule has 0 aliphatic heterocycles. The molecular formula is C17H13N3O6. The van der Waals surface area contributed by atoms with Gasteiger partial charge < -0.3 is 9.47 Å². The number of nitro benzene ring substituents is 1. The summed E-state index contributed by atoms with van der Waals surface area (Å²) in [5.74, 6) is -0.909. The van der Waals surface area contributed by atoms with Crippen LogP contribution in [0.15, 0.2) is 47.3 Å². The fourth-order valence-corrected chi connectivity index (χ4v) is 2.45. The van der Waals surface area contributed by atoms with Gasteiger partial charge in [0.25, 0.3) is 5.56 Å². The molecule has 0 radical (unpaired) electrons. The van der Waals surface area contributed by atoms with Crippen molar-refractivity contribution in [2.24, 2.45) is 7.05 Å². The lowest BCUT2D eigenvalue weighted by Crippen LogP contribution is -2.24. The minimum atomic E-state index is -0.912. The summed E-state index contributed by atoms with van der Waals surface area (Å²) in [5.41, 5.74) is -0.910. The molecule has 0 amide bonds. The molecule has 0 saturated heterocycles. The van der Waals surface area contributed by atoms with Crippen LogP contribution in [0.1, 0.15) is 10.5 Å². The molecule has 0 saturated carbocycles. The van der Waals surface area contributed by atoms with Gasteiger partial charge in [0.05, 0.1) is 23.5 Å². The average molecular weight is 355 g/mol. The van der Waals surface area contributed by atoms with Crippen molar-refractivity contribution < 1.29 is 19.2 Å². The number of benzene rings is 2. The molecular weight excluding hydrogens is 342 g/mol. The van der Waals surface area contributed by atoms with Crippen LogP contribution in [0.2, 0.25) is 0 Å². The zero-order valence-corrected chi connectivity index (χ0v) is 13.8. The van der Waals surface area contributed by atoms with Crippen LogP contribution in [0.4, 0.5) is 5.69 Å². The maximum absolute atomic E-state index is 12.6. The van der Waals surface area contributed by atoms with E-state index in [9.17, 15) is 19.7 Å². The van der Waals surface area contributed by atoms with Gasteiger partial charge in [0, 0.05) is 12.4 Å². The van der Waals surface area contributed by atoms with E-state index in [2.05, 4.69) is 5.10 Å². The number of nitrogens with zero attached hydrogens (tertiary/aromatic N) is 3. The minimum absolute atomic E-state index is 0.118. The van der Waals surface area contributed by atoms with Gasteiger partial charge in [0.2, 0.25) is 5.75 Å². The Hall–Kier alpha value is -3.75. The van der Waals surface area contributed by atoms with Crippen molar-refractivity contribution in [3.63, 3.8) is 0 Å². The predicted molar refractivity (Wildman–Crippen MR) is 91.6 cm³/mol. The van der Waals surface area contributed by atoms with Crippen LogP contribution in [0.25, 0.3) is 10.8 Å². The lowest BCUT2D eigenvalue weighted by Gasteiger charge is -2.09. The number of hydrogen-bond donors (Lipinski definition) is 0. The van der Waals surface area contributed by atoms with E-state index in [0.29, 0.717) is 10.8 Å². The highest BCUT2D eigenvalue weighted by molar-refractivity contribution is 6.03. The zero-order valence-electron chi connectivity index (χ0n) is 13.8. The second-order valence-corrected chi connectivity index (χ2v) is 5.30. The number of methoxy groups -OCH3 is 1. The third-order valence-electron chi connectivity index (χ3n) is 3.72. The molecule has 0 fully saturated rings. The van der Waals surface area contributed by atoms with E-state index in [4.69, 9.17) is 9.47 Å². The van der Waals surface area contributed by atoms with Crippen molar-refractivity contribution in [2.75, 3.05) is 7.11 Å². The summed E-state index contributed by atoms with van der Waals surface area (Å²) in [6, 6.07) is 10.3. The van der Waals surface area contributed by atoms with E-state index in [1.807, 2.05) is 0 Å². The van der Waals surface area contributed by atoms with Crippen LogP contribution in [0, 0.1) is 10.1 Å². The molecule has 1 aromatic heterocycles. The van der Waals surface area contributed by atoms with Crippen molar-refractivity contribution in [3.05, 3.63) is 68.6 Å². The second kappa shape index (κ2) is 6.63. The van der Waals surface area contributed by atoms with E-state index in [1.54, 1.807) is 24.3 Å². The highest BCUT2D eigenvalue weighted by Crippen LogP contribution is 2.31. The molecule has 132 valence electrons. The van der Waals surface area contributed by atoms with E-state index in [0.717, 1.165) is 10.7 Å². The summed E-state index contributed by atoms with van der Waals surface area (Å²) in [7, 11) is 2.77. The number of nitro groups is 1. The quantitative estimate of drug-likeness (QED) is 0.305. The Labute approximate surface area is 146 Å². The first kappa shape index (κ1) is 17.1. The first-order valence-electron chi connectivity index (χ1n) is 7.43. The Kier molecular flexibility index (Phi) is 4.36. The fraction of sp³-hybridized carbons (Fsp3) is 0.118. The van der Waals surface area contributed by atoms with E-state index in [-0.39, 0.29) is 22.8 Å². The van der Waals surface area contributed by atoms with Crippen LogP contribution in [-0.2, 0) is 7.05 Å². The fourth-order valence-electron chi connectivity index (χ4n) is 2.45. The molecule has 2 aromatic carbocycles. The normalized spacial score (nSPS) is 10.5. The number of esters is 1. The molecule has 3 aromatic rings. The number of aromatic nitrogens is 2.